The third kappa shape index (κ3) is 3.32. The van der Waals surface area contributed by atoms with Crippen LogP contribution in [0.25, 0.3) is 21.7 Å². The van der Waals surface area contributed by atoms with Gasteiger partial charge in [-0.1, -0.05) is 37.3 Å². The highest BCUT2D eigenvalue weighted by Gasteiger charge is 2.13. The fraction of sp³-hybridized carbons (Fsp3) is 0.263. The molecule has 0 saturated carbocycles. The van der Waals surface area contributed by atoms with Gasteiger partial charge >= 0.3 is 0 Å². The van der Waals surface area contributed by atoms with Crippen molar-refractivity contribution in [1.29, 1.82) is 0 Å². The zero-order valence-corrected chi connectivity index (χ0v) is 13.3. The zero-order valence-electron chi connectivity index (χ0n) is 13.3. The summed E-state index contributed by atoms with van der Waals surface area (Å²) in [6.45, 7) is 4.48. The van der Waals surface area contributed by atoms with Crippen molar-refractivity contribution in [2.75, 3.05) is 19.6 Å². The molecule has 0 aliphatic carbocycles. The topological polar surface area (TPSA) is 54.0 Å². The molecule has 0 fully saturated rings. The van der Waals surface area contributed by atoms with E-state index < -0.39 is 0 Å². The second kappa shape index (κ2) is 7.20. The Morgan fingerprint density at radius 1 is 1.04 bits per heavy atom. The SMILES string of the molecule is CCCNCCNC(=O)c1cc2ccccc2c2cccnc12. The minimum Gasteiger partial charge on any atom is -0.351 e. The quantitative estimate of drug-likeness (QED) is 0.543. The smallest absolute Gasteiger partial charge is 0.253 e. The first-order chi connectivity index (χ1) is 11.3. The number of fused-ring (bicyclic) bond motifs is 3. The lowest BCUT2D eigenvalue weighted by molar-refractivity contribution is 0.0955. The lowest BCUT2D eigenvalue weighted by Gasteiger charge is -2.10. The molecule has 0 radical (unpaired) electrons. The summed E-state index contributed by atoms with van der Waals surface area (Å²) in [6, 6.07) is 13.9. The molecule has 118 valence electrons. The number of nitrogens with zero attached hydrogens (tertiary/aromatic N) is 1. The van der Waals surface area contributed by atoms with Crippen LogP contribution in [0.5, 0.6) is 0 Å². The van der Waals surface area contributed by atoms with Gasteiger partial charge in [-0.2, -0.15) is 0 Å². The molecule has 0 atom stereocenters. The number of rotatable bonds is 6. The van der Waals surface area contributed by atoms with Crippen LogP contribution in [0.3, 0.4) is 0 Å². The Labute approximate surface area is 135 Å². The first-order valence-electron chi connectivity index (χ1n) is 8.06. The number of benzene rings is 2. The summed E-state index contributed by atoms with van der Waals surface area (Å²) in [7, 11) is 0. The maximum absolute atomic E-state index is 12.6. The van der Waals surface area contributed by atoms with Gasteiger partial charge in [0.15, 0.2) is 0 Å². The lowest BCUT2D eigenvalue weighted by Crippen LogP contribution is -2.32. The van der Waals surface area contributed by atoms with Gasteiger partial charge in [0.2, 0.25) is 0 Å². The van der Waals surface area contributed by atoms with E-state index in [0.717, 1.165) is 41.2 Å². The van der Waals surface area contributed by atoms with Crippen LogP contribution >= 0.6 is 0 Å². The number of nitrogens with one attached hydrogen (secondary N) is 2. The third-order valence-corrected chi connectivity index (χ3v) is 3.87. The number of amides is 1. The number of hydrogen-bond donors (Lipinski definition) is 2. The highest BCUT2D eigenvalue weighted by molar-refractivity contribution is 6.15. The molecule has 0 aliphatic heterocycles. The molecule has 0 bridgehead atoms. The second-order valence-corrected chi connectivity index (χ2v) is 5.55. The van der Waals surface area contributed by atoms with Crippen molar-refractivity contribution in [3.63, 3.8) is 0 Å². The van der Waals surface area contributed by atoms with Crippen molar-refractivity contribution in [3.8, 4) is 0 Å². The van der Waals surface area contributed by atoms with Crippen LogP contribution in [0, 0.1) is 0 Å². The van der Waals surface area contributed by atoms with E-state index in [2.05, 4.69) is 28.6 Å². The van der Waals surface area contributed by atoms with Crippen molar-refractivity contribution < 1.29 is 4.79 Å². The molecule has 3 aromatic rings. The summed E-state index contributed by atoms with van der Waals surface area (Å²) in [5.41, 5.74) is 1.39. The lowest BCUT2D eigenvalue weighted by atomic mass is 10.0. The molecule has 4 heteroatoms. The molecule has 1 amide bonds. The Balaban J connectivity index is 1.91. The molecule has 0 unspecified atom stereocenters. The van der Waals surface area contributed by atoms with E-state index in [1.807, 2.05) is 36.4 Å². The molecule has 0 saturated heterocycles. The van der Waals surface area contributed by atoms with Crippen LogP contribution in [0.4, 0.5) is 0 Å². The number of carbonyl (C=O) groups excluding carboxylic acids is 1. The van der Waals surface area contributed by atoms with Crippen LogP contribution < -0.4 is 10.6 Å². The second-order valence-electron chi connectivity index (χ2n) is 5.55. The van der Waals surface area contributed by atoms with Gasteiger partial charge in [0.1, 0.15) is 0 Å². The predicted molar refractivity (Wildman–Crippen MR) is 94.7 cm³/mol. The summed E-state index contributed by atoms with van der Waals surface area (Å²) < 4.78 is 0. The van der Waals surface area contributed by atoms with E-state index in [4.69, 9.17) is 0 Å². The van der Waals surface area contributed by atoms with E-state index in [0.29, 0.717) is 12.1 Å². The summed E-state index contributed by atoms with van der Waals surface area (Å²) >= 11 is 0. The maximum atomic E-state index is 12.6. The van der Waals surface area contributed by atoms with Gasteiger partial charge in [-0.05, 0) is 35.9 Å². The Morgan fingerprint density at radius 2 is 1.87 bits per heavy atom. The third-order valence-electron chi connectivity index (χ3n) is 3.87. The average molecular weight is 307 g/mol. The molecule has 1 aromatic heterocycles. The van der Waals surface area contributed by atoms with Crippen LogP contribution in [-0.4, -0.2) is 30.5 Å². The molecule has 1 heterocycles. The Kier molecular flexibility index (Phi) is 4.83. The molecule has 3 rings (SSSR count). The van der Waals surface area contributed by atoms with Gasteiger partial charge in [-0.15, -0.1) is 0 Å². The highest BCUT2D eigenvalue weighted by Crippen LogP contribution is 2.27. The maximum Gasteiger partial charge on any atom is 0.253 e. The minimum absolute atomic E-state index is 0.0715. The van der Waals surface area contributed by atoms with E-state index in [1.165, 1.54) is 0 Å². The molecular formula is C19H21N3O. The van der Waals surface area contributed by atoms with Crippen LogP contribution in [-0.2, 0) is 0 Å². The first-order valence-corrected chi connectivity index (χ1v) is 8.06. The summed E-state index contributed by atoms with van der Waals surface area (Å²) in [5, 5.41) is 9.44. The van der Waals surface area contributed by atoms with Gasteiger partial charge in [0, 0.05) is 24.7 Å². The van der Waals surface area contributed by atoms with Crippen molar-refractivity contribution in [2.24, 2.45) is 0 Å². The van der Waals surface area contributed by atoms with Crippen molar-refractivity contribution in [2.45, 2.75) is 13.3 Å². The fourth-order valence-electron chi connectivity index (χ4n) is 2.76. The van der Waals surface area contributed by atoms with E-state index in [1.54, 1.807) is 6.20 Å². The Hall–Kier alpha value is -2.46. The van der Waals surface area contributed by atoms with E-state index in [-0.39, 0.29) is 5.91 Å². The molecule has 2 aromatic carbocycles. The predicted octanol–water partition coefficient (Wildman–Crippen LogP) is 3.12. The van der Waals surface area contributed by atoms with Gasteiger partial charge in [0.25, 0.3) is 5.91 Å². The zero-order chi connectivity index (χ0) is 16.1. The van der Waals surface area contributed by atoms with Crippen LogP contribution in [0.15, 0.2) is 48.7 Å². The minimum atomic E-state index is -0.0715. The monoisotopic (exact) mass is 307 g/mol. The normalized spacial score (nSPS) is 11.0. The van der Waals surface area contributed by atoms with Gasteiger partial charge in [-0.25, -0.2) is 0 Å². The summed E-state index contributed by atoms with van der Waals surface area (Å²) in [5.74, 6) is -0.0715. The van der Waals surface area contributed by atoms with Crippen LogP contribution in [0.2, 0.25) is 0 Å². The van der Waals surface area contributed by atoms with Gasteiger partial charge in [0.05, 0.1) is 11.1 Å². The molecule has 0 aliphatic rings. The van der Waals surface area contributed by atoms with Crippen molar-refractivity contribution in [1.82, 2.24) is 15.6 Å². The summed E-state index contributed by atoms with van der Waals surface area (Å²) in [6.07, 6.45) is 2.82. The van der Waals surface area contributed by atoms with Crippen molar-refractivity contribution >= 4 is 27.6 Å². The summed E-state index contributed by atoms with van der Waals surface area (Å²) in [4.78, 5) is 17.0. The Morgan fingerprint density at radius 3 is 2.74 bits per heavy atom. The highest BCUT2D eigenvalue weighted by atomic mass is 16.1. The van der Waals surface area contributed by atoms with E-state index >= 15 is 0 Å². The van der Waals surface area contributed by atoms with E-state index in [9.17, 15) is 4.79 Å². The molecule has 0 spiro atoms. The van der Waals surface area contributed by atoms with Crippen molar-refractivity contribution in [3.05, 3.63) is 54.2 Å². The van der Waals surface area contributed by atoms with Gasteiger partial charge < -0.3 is 10.6 Å². The Bertz CT molecular complexity index is 829. The number of aromatic nitrogens is 1. The van der Waals surface area contributed by atoms with Gasteiger partial charge in [-0.3, -0.25) is 9.78 Å². The standard InChI is InChI=1S/C19H21N3O/c1-2-9-20-11-12-22-19(23)17-13-14-6-3-4-7-15(14)16-8-5-10-21-18(16)17/h3-8,10,13,20H,2,9,11-12H2,1H3,(H,22,23). The number of carbonyl (C=O) groups is 1. The van der Waals surface area contributed by atoms with Crippen LogP contribution in [0.1, 0.15) is 23.7 Å². The molecular weight excluding hydrogens is 286 g/mol. The fourth-order valence-corrected chi connectivity index (χ4v) is 2.76. The molecule has 23 heavy (non-hydrogen) atoms. The average Bonchev–Trinajstić information content (AvgIpc) is 2.60. The number of pyridine rings is 1. The molecule has 4 nitrogen and oxygen atoms in total. The number of hydrogen-bond acceptors (Lipinski definition) is 3. The molecule has 2 N–H and O–H groups in total. The first kappa shape index (κ1) is 15.4. The largest absolute Gasteiger partial charge is 0.351 e.